The van der Waals surface area contributed by atoms with Crippen LogP contribution in [-0.4, -0.2) is 54.0 Å². The first-order chi connectivity index (χ1) is 13.5. The predicted octanol–water partition coefficient (Wildman–Crippen LogP) is 0.0451. The van der Waals surface area contributed by atoms with E-state index in [1.54, 1.807) is 4.90 Å². The van der Waals surface area contributed by atoms with E-state index in [1.165, 1.54) is 0 Å². The number of carbonyl (C=O) groups excluding carboxylic acids is 3. The fraction of sp³-hybridized carbons (Fsp3) is 0.550. The maximum Gasteiger partial charge on any atom is 0.255 e. The number of hydrogen-bond donors (Lipinski definition) is 3. The molecule has 3 aliphatic rings. The first kappa shape index (κ1) is 19.0. The number of piperidine rings is 1. The van der Waals surface area contributed by atoms with Crippen LogP contribution in [0.5, 0.6) is 0 Å². The third-order valence-electron chi connectivity index (χ3n) is 5.92. The Hall–Kier alpha value is -2.29. The summed E-state index contributed by atoms with van der Waals surface area (Å²) in [5, 5.41) is 5.73. The Labute approximate surface area is 163 Å². The molecule has 0 spiro atoms. The number of amides is 3. The molecule has 1 atom stereocenters. The number of imide groups is 1. The minimum Gasteiger partial charge on any atom is -0.381 e. The maximum absolute atomic E-state index is 13.1. The molecule has 3 aliphatic heterocycles. The smallest absolute Gasteiger partial charge is 0.255 e. The lowest BCUT2D eigenvalue weighted by Gasteiger charge is -2.33. The van der Waals surface area contributed by atoms with Gasteiger partial charge in [-0.2, -0.15) is 0 Å². The van der Waals surface area contributed by atoms with Crippen molar-refractivity contribution in [2.45, 2.75) is 50.4 Å². The molecule has 4 rings (SSSR count). The summed E-state index contributed by atoms with van der Waals surface area (Å²) >= 11 is 0. The van der Waals surface area contributed by atoms with Crippen molar-refractivity contribution in [3.63, 3.8) is 0 Å². The third-order valence-corrected chi connectivity index (χ3v) is 5.92. The van der Waals surface area contributed by atoms with Crippen LogP contribution >= 0.6 is 0 Å². The highest BCUT2D eigenvalue weighted by Gasteiger charge is 2.40. The van der Waals surface area contributed by atoms with E-state index in [9.17, 15) is 14.4 Å². The lowest BCUT2D eigenvalue weighted by atomic mass is 9.91. The topological polar surface area (TPSA) is 114 Å². The molecule has 4 N–H and O–H groups in total. The van der Waals surface area contributed by atoms with Crippen LogP contribution in [0.1, 0.15) is 47.2 Å². The monoisotopic (exact) mass is 386 g/mol. The Morgan fingerprint density at radius 2 is 2.04 bits per heavy atom. The van der Waals surface area contributed by atoms with Crippen molar-refractivity contribution in [1.82, 2.24) is 15.5 Å². The van der Waals surface area contributed by atoms with Gasteiger partial charge in [0.1, 0.15) is 6.04 Å². The number of nitrogens with two attached hydrogens (primary N) is 1. The Bertz CT molecular complexity index is 803. The standard InChI is InChI=1S/C20H26N4O4/c21-20(6-8-28-9-7-20)12-22-10-13-2-1-3-14-11-24(19(27)17(13)14)15-4-5-16(25)23-18(15)26/h1-3,15,22H,4-12,21H2,(H,23,25,26). The van der Waals surface area contributed by atoms with Crippen LogP contribution in [0.4, 0.5) is 0 Å². The second-order valence-corrected chi connectivity index (χ2v) is 7.93. The molecule has 8 heteroatoms. The van der Waals surface area contributed by atoms with Crippen molar-refractivity contribution in [2.24, 2.45) is 5.73 Å². The number of carbonyl (C=O) groups is 3. The zero-order valence-corrected chi connectivity index (χ0v) is 15.8. The molecule has 1 unspecified atom stereocenters. The minimum absolute atomic E-state index is 0.143. The zero-order chi connectivity index (χ0) is 19.7. The number of nitrogens with zero attached hydrogens (tertiary/aromatic N) is 1. The molecule has 150 valence electrons. The summed E-state index contributed by atoms with van der Waals surface area (Å²) in [4.78, 5) is 38.2. The summed E-state index contributed by atoms with van der Waals surface area (Å²) in [6, 6.07) is 5.20. The fourth-order valence-electron chi connectivity index (χ4n) is 4.24. The normalized spacial score (nSPS) is 24.2. The van der Waals surface area contributed by atoms with E-state index in [-0.39, 0.29) is 29.7 Å². The van der Waals surface area contributed by atoms with Crippen molar-refractivity contribution in [3.05, 3.63) is 34.9 Å². The van der Waals surface area contributed by atoms with Gasteiger partial charge in [0.15, 0.2) is 0 Å². The maximum atomic E-state index is 13.1. The van der Waals surface area contributed by atoms with E-state index < -0.39 is 6.04 Å². The molecule has 28 heavy (non-hydrogen) atoms. The van der Waals surface area contributed by atoms with Crippen LogP contribution in [0.25, 0.3) is 0 Å². The highest BCUT2D eigenvalue weighted by molar-refractivity contribution is 6.05. The first-order valence-electron chi connectivity index (χ1n) is 9.80. The SMILES string of the molecule is NC1(CNCc2cccc3c2C(=O)N(C2CCC(=O)NC2=O)C3)CCOCC1. The van der Waals surface area contributed by atoms with Gasteiger partial charge in [-0.3, -0.25) is 19.7 Å². The lowest BCUT2D eigenvalue weighted by Crippen LogP contribution is -2.52. The van der Waals surface area contributed by atoms with Crippen molar-refractivity contribution < 1.29 is 19.1 Å². The van der Waals surface area contributed by atoms with E-state index in [2.05, 4.69) is 10.6 Å². The Morgan fingerprint density at radius 3 is 2.79 bits per heavy atom. The molecular weight excluding hydrogens is 360 g/mol. The van der Waals surface area contributed by atoms with Crippen molar-refractivity contribution in [3.8, 4) is 0 Å². The molecule has 0 radical (unpaired) electrons. The van der Waals surface area contributed by atoms with Crippen LogP contribution in [0.2, 0.25) is 0 Å². The van der Waals surface area contributed by atoms with Crippen molar-refractivity contribution >= 4 is 17.7 Å². The Balaban J connectivity index is 1.44. The molecule has 3 heterocycles. The summed E-state index contributed by atoms with van der Waals surface area (Å²) < 4.78 is 5.38. The average molecular weight is 386 g/mol. The molecule has 1 aromatic rings. The highest BCUT2D eigenvalue weighted by atomic mass is 16.5. The van der Waals surface area contributed by atoms with Crippen LogP contribution in [0, 0.1) is 0 Å². The second kappa shape index (κ2) is 7.62. The van der Waals surface area contributed by atoms with Crippen LogP contribution in [-0.2, 0) is 27.4 Å². The molecular formula is C20H26N4O4. The summed E-state index contributed by atoms with van der Waals surface area (Å²) in [6.07, 6.45) is 2.26. The average Bonchev–Trinajstić information content (AvgIpc) is 3.00. The zero-order valence-electron chi connectivity index (χ0n) is 15.8. The molecule has 0 saturated carbocycles. The molecule has 1 aromatic carbocycles. The first-order valence-corrected chi connectivity index (χ1v) is 9.80. The van der Waals surface area contributed by atoms with Crippen LogP contribution < -0.4 is 16.4 Å². The minimum atomic E-state index is -0.590. The molecule has 2 fully saturated rings. The number of ether oxygens (including phenoxy) is 1. The molecule has 2 saturated heterocycles. The van der Waals surface area contributed by atoms with E-state index >= 15 is 0 Å². The largest absolute Gasteiger partial charge is 0.381 e. The van der Waals surface area contributed by atoms with Gasteiger partial charge in [0, 0.05) is 50.4 Å². The Morgan fingerprint density at radius 1 is 1.25 bits per heavy atom. The van der Waals surface area contributed by atoms with E-state index in [0.717, 1.165) is 24.0 Å². The quantitative estimate of drug-likeness (QED) is 0.616. The highest BCUT2D eigenvalue weighted by Crippen LogP contribution is 2.30. The van der Waals surface area contributed by atoms with Gasteiger partial charge in [0.2, 0.25) is 11.8 Å². The molecule has 0 bridgehead atoms. The number of benzene rings is 1. The van der Waals surface area contributed by atoms with E-state index in [1.807, 2.05) is 18.2 Å². The van der Waals surface area contributed by atoms with Gasteiger partial charge in [0.05, 0.1) is 0 Å². The lowest BCUT2D eigenvalue weighted by molar-refractivity contribution is -0.136. The van der Waals surface area contributed by atoms with Gasteiger partial charge in [-0.25, -0.2) is 0 Å². The van der Waals surface area contributed by atoms with Gasteiger partial charge < -0.3 is 20.7 Å². The fourth-order valence-corrected chi connectivity index (χ4v) is 4.24. The van der Waals surface area contributed by atoms with E-state index in [0.29, 0.717) is 44.8 Å². The molecule has 0 aromatic heterocycles. The van der Waals surface area contributed by atoms with Gasteiger partial charge in [0.25, 0.3) is 5.91 Å². The summed E-state index contributed by atoms with van der Waals surface area (Å²) in [7, 11) is 0. The molecule has 0 aliphatic carbocycles. The van der Waals surface area contributed by atoms with Gasteiger partial charge in [-0.1, -0.05) is 18.2 Å². The second-order valence-electron chi connectivity index (χ2n) is 7.93. The van der Waals surface area contributed by atoms with Gasteiger partial charge in [-0.05, 0) is 30.4 Å². The number of hydrogen-bond acceptors (Lipinski definition) is 6. The predicted molar refractivity (Wildman–Crippen MR) is 101 cm³/mol. The van der Waals surface area contributed by atoms with Crippen LogP contribution in [0.15, 0.2) is 18.2 Å². The Kier molecular flexibility index (Phi) is 5.18. The number of fused-ring (bicyclic) bond motifs is 1. The summed E-state index contributed by atoms with van der Waals surface area (Å²) in [5.74, 6) is -0.809. The van der Waals surface area contributed by atoms with Crippen molar-refractivity contribution in [1.29, 1.82) is 0 Å². The van der Waals surface area contributed by atoms with Crippen molar-refractivity contribution in [2.75, 3.05) is 19.8 Å². The summed E-state index contributed by atoms with van der Waals surface area (Å²) in [5.41, 5.74) is 8.63. The third kappa shape index (κ3) is 3.67. The molecule has 3 amide bonds. The van der Waals surface area contributed by atoms with E-state index in [4.69, 9.17) is 10.5 Å². The van der Waals surface area contributed by atoms with Gasteiger partial charge >= 0.3 is 0 Å². The number of nitrogens with one attached hydrogen (secondary N) is 2. The molecule has 8 nitrogen and oxygen atoms in total. The summed E-state index contributed by atoms with van der Waals surface area (Å²) in [6.45, 7) is 2.95. The van der Waals surface area contributed by atoms with Gasteiger partial charge in [-0.15, -0.1) is 0 Å². The van der Waals surface area contributed by atoms with Crippen LogP contribution in [0.3, 0.4) is 0 Å². The number of rotatable bonds is 5.